The summed E-state index contributed by atoms with van der Waals surface area (Å²) in [5, 5.41) is 4.26. The van der Waals surface area contributed by atoms with Gasteiger partial charge in [-0.3, -0.25) is 9.48 Å². The first-order chi connectivity index (χ1) is 13.5. The van der Waals surface area contributed by atoms with Crippen LogP contribution in [0.5, 0.6) is 0 Å². The Morgan fingerprint density at radius 1 is 1.21 bits per heavy atom. The zero-order valence-corrected chi connectivity index (χ0v) is 16.3. The van der Waals surface area contributed by atoms with Gasteiger partial charge in [-0.15, -0.1) is 0 Å². The summed E-state index contributed by atoms with van der Waals surface area (Å²) in [4.78, 5) is 31.2. The van der Waals surface area contributed by atoms with E-state index in [2.05, 4.69) is 18.9 Å². The molecule has 3 aromatic rings. The van der Waals surface area contributed by atoms with Crippen LogP contribution >= 0.6 is 0 Å². The maximum absolute atomic E-state index is 13.0. The maximum atomic E-state index is 13.0. The van der Waals surface area contributed by atoms with Crippen molar-refractivity contribution in [3.05, 3.63) is 47.5 Å². The Morgan fingerprint density at radius 3 is 2.75 bits per heavy atom. The molecule has 0 radical (unpaired) electrons. The number of methoxy groups -OCH3 is 1. The maximum Gasteiger partial charge on any atom is 0.358 e. The molecule has 0 spiro atoms. The summed E-state index contributed by atoms with van der Waals surface area (Å²) in [7, 11) is 1.33. The number of fused-ring (bicyclic) bond motifs is 2. The number of rotatable bonds is 4. The molecule has 8 nitrogen and oxygen atoms in total. The fourth-order valence-corrected chi connectivity index (χ4v) is 3.62. The van der Waals surface area contributed by atoms with Gasteiger partial charge in [-0.1, -0.05) is 26.0 Å². The van der Waals surface area contributed by atoms with Crippen molar-refractivity contribution in [3.63, 3.8) is 0 Å². The third kappa shape index (κ3) is 3.15. The minimum absolute atomic E-state index is 0.0251. The number of carbonyl (C=O) groups is 2. The molecule has 4 rings (SSSR count). The number of amides is 1. The Kier molecular flexibility index (Phi) is 4.62. The number of imidazole rings is 1. The second kappa shape index (κ2) is 7.10. The van der Waals surface area contributed by atoms with Crippen molar-refractivity contribution >= 4 is 22.9 Å². The van der Waals surface area contributed by atoms with Gasteiger partial charge in [0, 0.05) is 12.5 Å². The molecule has 0 atom stereocenters. The fraction of sp³-hybridized carbons (Fsp3) is 0.400. The second-order valence-electron chi connectivity index (χ2n) is 7.25. The lowest BCUT2D eigenvalue weighted by Crippen LogP contribution is -2.40. The Hall–Kier alpha value is -3.16. The van der Waals surface area contributed by atoms with Gasteiger partial charge in [-0.25, -0.2) is 9.78 Å². The topological polar surface area (TPSA) is 82.3 Å². The monoisotopic (exact) mass is 381 g/mol. The summed E-state index contributed by atoms with van der Waals surface area (Å²) in [6, 6.07) is 9.57. The van der Waals surface area contributed by atoms with Gasteiger partial charge >= 0.3 is 5.97 Å². The molecule has 0 aliphatic carbocycles. The van der Waals surface area contributed by atoms with Crippen LogP contribution in [0.2, 0.25) is 0 Å². The van der Waals surface area contributed by atoms with Gasteiger partial charge in [0.15, 0.2) is 5.69 Å². The summed E-state index contributed by atoms with van der Waals surface area (Å²) in [6.45, 7) is 5.93. The largest absolute Gasteiger partial charge is 0.464 e. The van der Waals surface area contributed by atoms with E-state index in [9.17, 15) is 9.59 Å². The van der Waals surface area contributed by atoms with Crippen LogP contribution in [0.1, 0.15) is 41.8 Å². The first-order valence-electron chi connectivity index (χ1n) is 9.36. The van der Waals surface area contributed by atoms with Crippen molar-refractivity contribution < 1.29 is 14.3 Å². The van der Waals surface area contributed by atoms with Gasteiger partial charge in [-0.05, 0) is 18.2 Å². The Labute approximate surface area is 162 Å². The van der Waals surface area contributed by atoms with E-state index in [1.165, 1.54) is 7.11 Å². The second-order valence-corrected chi connectivity index (χ2v) is 7.25. The molecule has 1 aliphatic rings. The number of para-hydroxylation sites is 2. The molecule has 0 saturated heterocycles. The molecule has 146 valence electrons. The smallest absolute Gasteiger partial charge is 0.358 e. The summed E-state index contributed by atoms with van der Waals surface area (Å²) < 4.78 is 8.50. The van der Waals surface area contributed by atoms with E-state index >= 15 is 0 Å². The molecule has 28 heavy (non-hydrogen) atoms. The predicted molar refractivity (Wildman–Crippen MR) is 103 cm³/mol. The highest BCUT2D eigenvalue weighted by molar-refractivity contribution is 5.87. The highest BCUT2D eigenvalue weighted by Gasteiger charge is 2.25. The summed E-state index contributed by atoms with van der Waals surface area (Å²) >= 11 is 0. The predicted octanol–water partition coefficient (Wildman–Crippen LogP) is 2.19. The molecule has 0 saturated carbocycles. The van der Waals surface area contributed by atoms with E-state index in [1.807, 2.05) is 28.8 Å². The molecular formula is C20H23N5O3. The van der Waals surface area contributed by atoms with Crippen molar-refractivity contribution in [3.8, 4) is 0 Å². The molecule has 1 amide bonds. The van der Waals surface area contributed by atoms with E-state index in [-0.39, 0.29) is 24.1 Å². The van der Waals surface area contributed by atoms with Gasteiger partial charge in [0.05, 0.1) is 36.9 Å². The Balaban J connectivity index is 1.57. The first kappa shape index (κ1) is 18.2. The number of hydrogen-bond acceptors (Lipinski definition) is 5. The van der Waals surface area contributed by atoms with Crippen molar-refractivity contribution in [1.29, 1.82) is 0 Å². The van der Waals surface area contributed by atoms with Crippen molar-refractivity contribution in [1.82, 2.24) is 24.2 Å². The normalized spacial score (nSPS) is 13.8. The number of carbonyl (C=O) groups excluding carboxylic acids is 2. The average Bonchev–Trinajstić information content (AvgIpc) is 3.28. The molecule has 0 N–H and O–H groups in total. The number of ether oxygens (including phenoxy) is 1. The quantitative estimate of drug-likeness (QED) is 0.647. The lowest BCUT2D eigenvalue weighted by atomic mass is 10.2. The fourth-order valence-electron chi connectivity index (χ4n) is 3.62. The lowest BCUT2D eigenvalue weighted by molar-refractivity contribution is -0.133. The van der Waals surface area contributed by atoms with Crippen molar-refractivity contribution in [2.45, 2.75) is 39.4 Å². The van der Waals surface area contributed by atoms with Crippen molar-refractivity contribution in [2.24, 2.45) is 0 Å². The average molecular weight is 381 g/mol. The highest BCUT2D eigenvalue weighted by Crippen LogP contribution is 2.22. The molecular weight excluding hydrogens is 358 g/mol. The van der Waals surface area contributed by atoms with Crippen LogP contribution in [0, 0.1) is 0 Å². The van der Waals surface area contributed by atoms with Crippen LogP contribution in [-0.2, 0) is 29.2 Å². The van der Waals surface area contributed by atoms with E-state index in [0.29, 0.717) is 19.6 Å². The highest BCUT2D eigenvalue weighted by atomic mass is 16.5. The van der Waals surface area contributed by atoms with Crippen LogP contribution in [0.15, 0.2) is 30.3 Å². The minimum Gasteiger partial charge on any atom is -0.464 e. The van der Waals surface area contributed by atoms with E-state index < -0.39 is 5.97 Å². The molecule has 8 heteroatoms. The molecule has 0 fully saturated rings. The standard InChI is InChI=1S/C20H23N5O3/c1-13(2)19-21-15-6-4-5-7-17(15)24(19)12-18(26)23-8-9-25-14(11-23)10-16(22-25)20(27)28-3/h4-7,10,13H,8-9,11-12H2,1-3H3. The number of nitrogens with zero attached hydrogens (tertiary/aromatic N) is 5. The van der Waals surface area contributed by atoms with E-state index in [4.69, 9.17) is 9.72 Å². The number of aromatic nitrogens is 4. The molecule has 0 bridgehead atoms. The van der Waals surface area contributed by atoms with E-state index in [0.717, 1.165) is 22.6 Å². The molecule has 1 aliphatic heterocycles. The van der Waals surface area contributed by atoms with Gasteiger partial charge in [-0.2, -0.15) is 5.10 Å². The minimum atomic E-state index is -0.466. The molecule has 3 heterocycles. The number of hydrogen-bond donors (Lipinski definition) is 0. The van der Waals surface area contributed by atoms with Gasteiger partial charge in [0.2, 0.25) is 5.91 Å². The van der Waals surface area contributed by atoms with Gasteiger partial charge in [0.25, 0.3) is 0 Å². The van der Waals surface area contributed by atoms with Crippen LogP contribution in [0.4, 0.5) is 0 Å². The third-order valence-corrected chi connectivity index (χ3v) is 5.04. The van der Waals surface area contributed by atoms with Gasteiger partial charge in [0.1, 0.15) is 12.4 Å². The van der Waals surface area contributed by atoms with Crippen LogP contribution in [0.3, 0.4) is 0 Å². The summed E-state index contributed by atoms with van der Waals surface area (Å²) in [5.41, 5.74) is 2.97. The van der Waals surface area contributed by atoms with Crippen LogP contribution < -0.4 is 0 Å². The van der Waals surface area contributed by atoms with E-state index in [1.54, 1.807) is 15.6 Å². The zero-order valence-electron chi connectivity index (χ0n) is 16.3. The zero-order chi connectivity index (χ0) is 19.8. The first-order valence-corrected chi connectivity index (χ1v) is 9.36. The van der Waals surface area contributed by atoms with Crippen LogP contribution in [-0.4, -0.2) is 49.8 Å². The number of esters is 1. The number of benzene rings is 1. The SMILES string of the molecule is COC(=O)c1cc2n(n1)CCN(C(=O)Cn1c(C(C)C)nc3ccccc31)C2. The van der Waals surface area contributed by atoms with Gasteiger partial charge < -0.3 is 14.2 Å². The summed E-state index contributed by atoms with van der Waals surface area (Å²) in [5.74, 6) is 0.679. The third-order valence-electron chi connectivity index (χ3n) is 5.04. The molecule has 0 unspecified atom stereocenters. The Bertz CT molecular complexity index is 1050. The summed E-state index contributed by atoms with van der Waals surface area (Å²) in [6.07, 6.45) is 0. The Morgan fingerprint density at radius 2 is 2.00 bits per heavy atom. The van der Waals surface area contributed by atoms with Crippen molar-refractivity contribution in [2.75, 3.05) is 13.7 Å². The molecule has 2 aromatic heterocycles. The lowest BCUT2D eigenvalue weighted by Gasteiger charge is -2.28. The van der Waals surface area contributed by atoms with Crippen LogP contribution in [0.25, 0.3) is 11.0 Å². The molecule has 1 aromatic carbocycles.